The molecule has 1 unspecified atom stereocenters. The Balaban J connectivity index is 0.000000641. The van der Waals surface area contributed by atoms with Crippen molar-refractivity contribution in [2.75, 3.05) is 14.2 Å². The summed E-state index contributed by atoms with van der Waals surface area (Å²) in [5, 5.41) is 6.60. The molecule has 2 nitrogen and oxygen atoms in total. The van der Waals surface area contributed by atoms with E-state index in [0.29, 0.717) is 0 Å². The summed E-state index contributed by atoms with van der Waals surface area (Å²) in [4.78, 5) is 0. The average molecular weight is 642 g/mol. The molecule has 0 saturated heterocycles. The van der Waals surface area contributed by atoms with Crippen molar-refractivity contribution in [2.45, 2.75) is 12.6 Å². The molecule has 43 heavy (non-hydrogen) atoms. The minimum Gasteiger partial charge on any atom is -0.748 e. The van der Waals surface area contributed by atoms with E-state index >= 15 is 0 Å². The van der Waals surface area contributed by atoms with Gasteiger partial charge in [-0.25, -0.2) is 12.1 Å². The van der Waals surface area contributed by atoms with Crippen molar-refractivity contribution < 1.29 is 26.5 Å². The minimum atomic E-state index is -0.834. The zero-order valence-corrected chi connectivity index (χ0v) is 27.5. The second kappa shape index (κ2) is 16.4. The van der Waals surface area contributed by atoms with Crippen molar-refractivity contribution in [2.24, 2.45) is 0 Å². The van der Waals surface area contributed by atoms with Crippen LogP contribution in [0.1, 0.15) is 18.1 Å². The number of hydrogen-bond donors (Lipinski definition) is 0. The molecule has 0 aromatic heterocycles. The topological polar surface area (TPSA) is 18.5 Å². The molecule has 0 amide bonds. The quantitative estimate of drug-likeness (QED) is 0.0912. The van der Waals surface area contributed by atoms with Crippen molar-refractivity contribution >= 4 is 42.4 Å². The Morgan fingerprint density at radius 2 is 0.977 bits per heavy atom. The summed E-state index contributed by atoms with van der Waals surface area (Å²) in [6, 6.07) is 55.6. The molecular weight excluding hydrogens is 606 g/mol. The van der Waals surface area contributed by atoms with E-state index in [1.54, 1.807) is 14.2 Å². The Labute approximate surface area is 269 Å². The molecule has 0 radical (unpaired) electrons. The van der Waals surface area contributed by atoms with E-state index in [-0.39, 0.29) is 22.7 Å². The van der Waals surface area contributed by atoms with Crippen LogP contribution in [0.25, 0.3) is 0 Å². The van der Waals surface area contributed by atoms with Crippen LogP contribution in [0.2, 0.25) is 0 Å². The first-order valence-corrected chi connectivity index (χ1v) is 16.9. The van der Waals surface area contributed by atoms with Gasteiger partial charge in [0, 0.05) is 27.7 Å². The molecule has 0 N–H and O–H groups in total. The van der Waals surface area contributed by atoms with Crippen molar-refractivity contribution in [1.82, 2.24) is 0 Å². The zero-order chi connectivity index (χ0) is 29.1. The van der Waals surface area contributed by atoms with Crippen LogP contribution in [0.5, 0.6) is 11.5 Å². The zero-order valence-electron chi connectivity index (χ0n) is 24.7. The van der Waals surface area contributed by atoms with E-state index in [1.807, 2.05) is 42.5 Å². The normalized spacial score (nSPS) is 11.3. The van der Waals surface area contributed by atoms with Gasteiger partial charge >= 0.3 is 0 Å². The summed E-state index contributed by atoms with van der Waals surface area (Å²) >= 11 is 0. The summed E-state index contributed by atoms with van der Waals surface area (Å²) in [6.45, 7) is 2.37. The van der Waals surface area contributed by atoms with E-state index in [9.17, 15) is 0 Å². The summed E-state index contributed by atoms with van der Waals surface area (Å²) in [6.07, 6.45) is 0. The fourth-order valence-electron chi connectivity index (χ4n) is 5.23. The number of hydrogen-bond acceptors (Lipinski definition) is 2. The molecule has 6 aromatic rings. The second-order valence-electron chi connectivity index (χ2n) is 9.72. The molecule has 0 spiro atoms. The molecule has 1 atom stereocenters. The van der Waals surface area contributed by atoms with Gasteiger partial charge in [0.05, 0.1) is 14.2 Å². The van der Waals surface area contributed by atoms with Crippen LogP contribution in [0.3, 0.4) is 0 Å². The second-order valence-corrected chi connectivity index (χ2v) is 14.4. The maximum Gasteiger partial charge on any atom is 0.126 e. The Bertz CT molecular complexity index is 1530. The minimum absolute atomic E-state index is 0. The maximum absolute atomic E-state index is 5.88. The van der Waals surface area contributed by atoms with E-state index in [0.717, 1.165) is 11.5 Å². The van der Waals surface area contributed by atoms with Gasteiger partial charge in [-0.15, -0.1) is 10.9 Å². The van der Waals surface area contributed by atoms with Gasteiger partial charge in [0.2, 0.25) is 0 Å². The van der Waals surface area contributed by atoms with Gasteiger partial charge in [-0.05, 0) is 44.2 Å². The number of para-hydroxylation sites is 2. The van der Waals surface area contributed by atoms with Gasteiger partial charge in [0.15, 0.2) is 0 Å². The Hall–Kier alpha value is -3.44. The van der Waals surface area contributed by atoms with Crippen molar-refractivity contribution in [3.05, 3.63) is 163 Å². The molecule has 5 heteroatoms. The standard InChI is InChI=1S/C33H31O2P2.C5H5.Fe/c1-25(36(32-22-12-10-20-29(32)34-2)33-23-13-11-21-30(33)35-3)28-19-14-24-31(28)37(26-15-6-4-7-16-26)27-17-8-5-9-18-27;1-2-4-5-3-1;/h4-25H,1-3H3;1-5H;/q-1;-5;. The largest absolute Gasteiger partial charge is 0.748 e. The molecule has 0 heterocycles. The molecule has 0 fully saturated rings. The SMILES string of the molecule is COc1ccccc1P(c1ccccc1OC)C(C)[c-]1cccc1P(c1ccccc1)c1ccccc1.[Fe].[cH-]1[cH-][cH-][cH-][cH-]1. The third kappa shape index (κ3) is 7.75. The van der Waals surface area contributed by atoms with Crippen LogP contribution in [-0.4, -0.2) is 14.2 Å². The van der Waals surface area contributed by atoms with Crippen LogP contribution >= 0.6 is 15.8 Å². The van der Waals surface area contributed by atoms with E-state index < -0.39 is 15.8 Å². The smallest absolute Gasteiger partial charge is 0.126 e. The van der Waals surface area contributed by atoms with Gasteiger partial charge in [-0.1, -0.05) is 104 Å². The fourth-order valence-corrected chi connectivity index (χ4v) is 10.8. The average Bonchev–Trinajstić information content (AvgIpc) is 3.79. The summed E-state index contributed by atoms with van der Waals surface area (Å²) in [7, 11) is 1.99. The number of benzene rings is 4. The van der Waals surface area contributed by atoms with Gasteiger partial charge in [0.1, 0.15) is 11.5 Å². The van der Waals surface area contributed by atoms with Crippen LogP contribution in [-0.2, 0) is 17.1 Å². The van der Waals surface area contributed by atoms with Crippen LogP contribution < -0.4 is 36.0 Å². The van der Waals surface area contributed by atoms with Gasteiger partial charge < -0.3 is 39.8 Å². The maximum atomic E-state index is 5.88. The van der Waals surface area contributed by atoms with Crippen molar-refractivity contribution in [1.29, 1.82) is 0 Å². The van der Waals surface area contributed by atoms with Crippen molar-refractivity contribution in [3.63, 3.8) is 0 Å². The molecule has 0 aliphatic heterocycles. The van der Waals surface area contributed by atoms with E-state index in [4.69, 9.17) is 9.47 Å². The first-order chi connectivity index (χ1) is 20.7. The fraction of sp³-hybridized carbons (Fsp3) is 0.105. The molecule has 0 saturated carbocycles. The van der Waals surface area contributed by atoms with Crippen LogP contribution in [0.4, 0.5) is 0 Å². The Kier molecular flexibility index (Phi) is 12.4. The summed E-state index contributed by atoms with van der Waals surface area (Å²) < 4.78 is 11.8. The third-order valence-electron chi connectivity index (χ3n) is 7.18. The molecule has 0 bridgehead atoms. The predicted molar refractivity (Wildman–Crippen MR) is 183 cm³/mol. The molecule has 6 aromatic carbocycles. The molecule has 6 rings (SSSR count). The molecular formula is C38H36FeO2P2-6. The number of ether oxygens (including phenoxy) is 2. The predicted octanol–water partition coefficient (Wildman–Crippen LogP) is 7.78. The Morgan fingerprint density at radius 1 is 0.558 bits per heavy atom. The number of rotatable bonds is 9. The monoisotopic (exact) mass is 642 g/mol. The van der Waals surface area contributed by atoms with Gasteiger partial charge in [0.25, 0.3) is 0 Å². The molecule has 224 valence electrons. The van der Waals surface area contributed by atoms with Gasteiger partial charge in [-0.2, -0.15) is 6.07 Å². The third-order valence-corrected chi connectivity index (χ3v) is 12.5. The first kappa shape index (κ1) is 32.5. The van der Waals surface area contributed by atoms with Crippen LogP contribution in [0, 0.1) is 0 Å². The number of methoxy groups -OCH3 is 2. The van der Waals surface area contributed by atoms with Crippen LogP contribution in [0.15, 0.2) is 158 Å². The molecule has 0 aliphatic rings. The summed E-state index contributed by atoms with van der Waals surface area (Å²) in [5.74, 6) is 1.85. The van der Waals surface area contributed by atoms with Gasteiger partial charge in [-0.3, -0.25) is 0 Å². The van der Waals surface area contributed by atoms with E-state index in [1.165, 1.54) is 32.1 Å². The van der Waals surface area contributed by atoms with E-state index in [2.05, 4.69) is 122 Å². The molecule has 0 aliphatic carbocycles. The first-order valence-electron chi connectivity index (χ1n) is 14.1. The summed E-state index contributed by atoms with van der Waals surface area (Å²) in [5.41, 5.74) is 1.63. The van der Waals surface area contributed by atoms with Crippen molar-refractivity contribution in [3.8, 4) is 11.5 Å². The Morgan fingerprint density at radius 3 is 1.42 bits per heavy atom.